The topological polar surface area (TPSA) is 44.4 Å². The average Bonchev–Trinajstić information content (AvgIpc) is 2.95. The predicted molar refractivity (Wildman–Crippen MR) is 90.5 cm³/mol. The second-order valence-corrected chi connectivity index (χ2v) is 5.55. The molecule has 2 rings (SSSR count). The Morgan fingerprint density at radius 2 is 2.24 bits per heavy atom. The first-order chi connectivity index (χ1) is 9.70. The van der Waals surface area contributed by atoms with Crippen LogP contribution in [0.15, 0.2) is 24.3 Å². The number of anilines is 1. The highest BCUT2D eigenvalue weighted by molar-refractivity contribution is 6.33. The summed E-state index contributed by atoms with van der Waals surface area (Å²) in [7, 11) is 0. The normalized spacial score (nSPS) is 17.6. The predicted octanol–water partition coefficient (Wildman–Crippen LogP) is 2.77. The van der Waals surface area contributed by atoms with Crippen LogP contribution in [0.5, 0.6) is 0 Å². The van der Waals surface area contributed by atoms with Crippen LogP contribution in [0.1, 0.15) is 19.8 Å². The second-order valence-electron chi connectivity index (χ2n) is 5.15. The fraction of sp³-hybridized carbons (Fsp3) is 0.533. The lowest BCUT2D eigenvalue weighted by atomic mass is 10.2. The summed E-state index contributed by atoms with van der Waals surface area (Å²) in [6, 6.07) is 7.79. The Bertz CT molecular complexity index is 450. The molecule has 1 fully saturated rings. The number of carbonyl (C=O) groups excluding carboxylic acids is 1. The Kier molecular flexibility index (Phi) is 8.04. The number of amides is 1. The molecule has 0 aliphatic carbocycles. The van der Waals surface area contributed by atoms with E-state index >= 15 is 0 Å². The van der Waals surface area contributed by atoms with Crippen LogP contribution in [-0.2, 0) is 4.79 Å². The monoisotopic (exact) mass is 331 g/mol. The molecule has 1 amide bonds. The molecule has 0 saturated carbocycles. The van der Waals surface area contributed by atoms with E-state index in [1.165, 1.54) is 0 Å². The molecule has 1 heterocycles. The van der Waals surface area contributed by atoms with Crippen molar-refractivity contribution in [1.29, 1.82) is 0 Å². The number of rotatable bonds is 6. The third-order valence-corrected chi connectivity index (χ3v) is 3.89. The van der Waals surface area contributed by atoms with Gasteiger partial charge in [-0.05, 0) is 38.1 Å². The molecule has 1 atom stereocenters. The van der Waals surface area contributed by atoms with Crippen LogP contribution in [0.25, 0.3) is 0 Å². The summed E-state index contributed by atoms with van der Waals surface area (Å²) in [6.45, 7) is 5.52. The fourth-order valence-electron chi connectivity index (χ4n) is 2.57. The highest BCUT2D eigenvalue weighted by Gasteiger charge is 2.23. The molecule has 6 heteroatoms. The first-order valence-corrected chi connectivity index (χ1v) is 7.57. The molecule has 0 aromatic heterocycles. The quantitative estimate of drug-likeness (QED) is 0.842. The molecule has 1 aromatic carbocycles. The van der Waals surface area contributed by atoms with E-state index in [-0.39, 0.29) is 18.3 Å². The van der Waals surface area contributed by atoms with Crippen molar-refractivity contribution in [2.75, 3.05) is 31.5 Å². The van der Waals surface area contributed by atoms with Crippen molar-refractivity contribution in [3.8, 4) is 0 Å². The molecule has 0 bridgehead atoms. The summed E-state index contributed by atoms with van der Waals surface area (Å²) in [6.07, 6.45) is 2.16. The van der Waals surface area contributed by atoms with Crippen molar-refractivity contribution in [3.05, 3.63) is 29.3 Å². The molecule has 0 spiro atoms. The molecule has 1 aromatic rings. The number of nitrogens with zero attached hydrogens (tertiary/aromatic N) is 1. The van der Waals surface area contributed by atoms with E-state index < -0.39 is 0 Å². The maximum Gasteiger partial charge on any atom is 0.238 e. The van der Waals surface area contributed by atoms with Crippen molar-refractivity contribution in [2.45, 2.75) is 25.8 Å². The van der Waals surface area contributed by atoms with Crippen LogP contribution in [-0.4, -0.2) is 43.0 Å². The van der Waals surface area contributed by atoms with Gasteiger partial charge in [0.25, 0.3) is 0 Å². The maximum atomic E-state index is 12.2. The molecular weight excluding hydrogens is 309 g/mol. The van der Waals surface area contributed by atoms with Crippen LogP contribution in [0.4, 0.5) is 5.69 Å². The van der Waals surface area contributed by atoms with Gasteiger partial charge in [-0.25, -0.2) is 0 Å². The van der Waals surface area contributed by atoms with E-state index in [4.69, 9.17) is 11.6 Å². The molecule has 2 N–H and O–H groups in total. The van der Waals surface area contributed by atoms with Crippen molar-refractivity contribution in [1.82, 2.24) is 10.2 Å². The third-order valence-electron chi connectivity index (χ3n) is 3.56. The number of nitrogens with one attached hydrogen (secondary N) is 2. The minimum absolute atomic E-state index is 0. The van der Waals surface area contributed by atoms with Gasteiger partial charge in [-0.1, -0.05) is 30.7 Å². The number of hydrogen-bond acceptors (Lipinski definition) is 3. The van der Waals surface area contributed by atoms with Gasteiger partial charge >= 0.3 is 0 Å². The van der Waals surface area contributed by atoms with Crippen molar-refractivity contribution in [3.63, 3.8) is 0 Å². The molecule has 118 valence electrons. The lowest BCUT2D eigenvalue weighted by Gasteiger charge is -2.27. The number of hydrogen-bond donors (Lipinski definition) is 2. The number of halogens is 2. The molecule has 4 nitrogen and oxygen atoms in total. The van der Waals surface area contributed by atoms with Gasteiger partial charge in [-0.3, -0.25) is 9.69 Å². The van der Waals surface area contributed by atoms with Gasteiger partial charge < -0.3 is 10.6 Å². The number of carbonyl (C=O) groups is 1. The summed E-state index contributed by atoms with van der Waals surface area (Å²) in [5, 5.41) is 6.81. The van der Waals surface area contributed by atoms with Crippen LogP contribution in [0.2, 0.25) is 5.02 Å². The van der Waals surface area contributed by atoms with Crippen LogP contribution >= 0.6 is 24.0 Å². The van der Waals surface area contributed by atoms with Gasteiger partial charge in [0.15, 0.2) is 0 Å². The van der Waals surface area contributed by atoms with Crippen LogP contribution < -0.4 is 10.6 Å². The number of para-hydroxylation sites is 1. The molecular formula is C15H23Cl2N3O. The molecule has 1 saturated heterocycles. The smallest absolute Gasteiger partial charge is 0.238 e. The van der Waals surface area contributed by atoms with E-state index in [1.54, 1.807) is 6.07 Å². The minimum Gasteiger partial charge on any atom is -0.324 e. The SMILES string of the molecule is CCCN(CC(=O)Nc1ccccc1Cl)C1CCNC1.Cl. The fourth-order valence-corrected chi connectivity index (χ4v) is 2.75. The molecule has 1 aliphatic rings. The zero-order valence-electron chi connectivity index (χ0n) is 12.3. The Labute approximate surface area is 137 Å². The zero-order valence-corrected chi connectivity index (χ0v) is 13.8. The standard InChI is InChI=1S/C15H22ClN3O.ClH/c1-2-9-19(12-7-8-17-10-12)11-15(20)18-14-6-4-3-5-13(14)16;/h3-6,12,17H,2,7-11H2,1H3,(H,18,20);1H. The Balaban J connectivity index is 0.00000220. The summed E-state index contributed by atoms with van der Waals surface area (Å²) in [5.74, 6) is -0.00144. The Hall–Kier alpha value is -0.810. The van der Waals surface area contributed by atoms with Crippen LogP contribution in [0, 0.1) is 0 Å². The number of benzene rings is 1. The van der Waals surface area contributed by atoms with E-state index in [2.05, 4.69) is 22.5 Å². The van der Waals surface area contributed by atoms with Crippen LogP contribution in [0.3, 0.4) is 0 Å². The molecule has 0 radical (unpaired) electrons. The summed E-state index contributed by atoms with van der Waals surface area (Å²) < 4.78 is 0. The largest absolute Gasteiger partial charge is 0.324 e. The lowest BCUT2D eigenvalue weighted by Crippen LogP contribution is -2.42. The van der Waals surface area contributed by atoms with Crippen molar-refractivity contribution < 1.29 is 4.79 Å². The van der Waals surface area contributed by atoms with Gasteiger partial charge in [-0.2, -0.15) is 0 Å². The van der Waals surface area contributed by atoms with Crippen molar-refractivity contribution >= 4 is 35.6 Å². The minimum atomic E-state index is -0.00144. The summed E-state index contributed by atoms with van der Waals surface area (Å²) >= 11 is 6.05. The second kappa shape index (κ2) is 9.26. The van der Waals surface area contributed by atoms with Gasteiger partial charge in [0.2, 0.25) is 5.91 Å². The van der Waals surface area contributed by atoms with E-state index in [0.29, 0.717) is 23.3 Å². The Morgan fingerprint density at radius 1 is 1.48 bits per heavy atom. The highest BCUT2D eigenvalue weighted by Crippen LogP contribution is 2.20. The van der Waals surface area contributed by atoms with Gasteiger partial charge in [-0.15, -0.1) is 12.4 Å². The van der Waals surface area contributed by atoms with E-state index in [1.807, 2.05) is 18.2 Å². The molecule has 21 heavy (non-hydrogen) atoms. The Morgan fingerprint density at radius 3 is 2.86 bits per heavy atom. The van der Waals surface area contributed by atoms with Crippen molar-refractivity contribution in [2.24, 2.45) is 0 Å². The highest BCUT2D eigenvalue weighted by atomic mass is 35.5. The molecule has 1 aliphatic heterocycles. The average molecular weight is 332 g/mol. The lowest BCUT2D eigenvalue weighted by molar-refractivity contribution is -0.117. The maximum absolute atomic E-state index is 12.2. The third kappa shape index (κ3) is 5.47. The summed E-state index contributed by atoms with van der Waals surface area (Å²) in [4.78, 5) is 14.4. The van der Waals surface area contributed by atoms with Gasteiger partial charge in [0.1, 0.15) is 0 Å². The molecule has 1 unspecified atom stereocenters. The van der Waals surface area contributed by atoms with Gasteiger partial charge in [0.05, 0.1) is 17.3 Å². The van der Waals surface area contributed by atoms with E-state index in [0.717, 1.165) is 32.5 Å². The zero-order chi connectivity index (χ0) is 14.4. The first-order valence-electron chi connectivity index (χ1n) is 7.20. The van der Waals surface area contributed by atoms with Gasteiger partial charge in [0, 0.05) is 12.6 Å². The first kappa shape index (κ1) is 18.2. The summed E-state index contributed by atoms with van der Waals surface area (Å²) in [5.41, 5.74) is 0.681. The van der Waals surface area contributed by atoms with E-state index in [9.17, 15) is 4.79 Å².